The van der Waals surface area contributed by atoms with Crippen molar-refractivity contribution in [3.05, 3.63) is 33.3 Å². The van der Waals surface area contributed by atoms with Crippen LogP contribution in [0.5, 0.6) is 0 Å². The maximum Gasteiger partial charge on any atom is 0.0586 e. The molecule has 0 fully saturated rings. The Kier molecular flexibility index (Phi) is 4.84. The summed E-state index contributed by atoms with van der Waals surface area (Å²) in [6.07, 6.45) is 1.06. The number of benzene rings is 1. The molecule has 3 heteroatoms. The van der Waals surface area contributed by atoms with Gasteiger partial charge in [-0.05, 0) is 36.0 Å². The first-order valence-electron chi connectivity index (χ1n) is 5.40. The molecule has 0 aliphatic carbocycles. The number of aliphatic hydroxyl groups excluding tert-OH is 1. The minimum atomic E-state index is -0.335. The molecule has 0 spiro atoms. The van der Waals surface area contributed by atoms with Gasteiger partial charge in [0.05, 0.1) is 6.10 Å². The Morgan fingerprint density at radius 2 is 2.00 bits per heavy atom. The molecule has 0 aromatic heterocycles. The summed E-state index contributed by atoms with van der Waals surface area (Å²) in [5.74, 6) is 0. The summed E-state index contributed by atoms with van der Waals surface area (Å²) in [7, 11) is 0. The zero-order valence-corrected chi connectivity index (χ0v) is 12.3. The third-order valence-electron chi connectivity index (χ3n) is 2.32. The normalized spacial score (nSPS) is 13.9. The van der Waals surface area contributed by atoms with Crippen LogP contribution in [0.3, 0.4) is 0 Å². The lowest BCUT2D eigenvalue weighted by atomic mass is 9.87. The van der Waals surface area contributed by atoms with Gasteiger partial charge in [-0.25, -0.2) is 0 Å². The molecule has 0 amide bonds. The quantitative estimate of drug-likeness (QED) is 0.875. The van der Waals surface area contributed by atoms with Crippen LogP contribution in [0, 0.1) is 5.41 Å². The molecule has 1 atom stereocenters. The number of hydrogen-bond acceptors (Lipinski definition) is 1. The first-order valence-corrected chi connectivity index (χ1v) is 6.57. The molecular formula is C13H18BrClO. The van der Waals surface area contributed by atoms with Crippen molar-refractivity contribution in [3.63, 3.8) is 0 Å². The minimum absolute atomic E-state index is 0.140. The Labute approximate surface area is 111 Å². The molecule has 16 heavy (non-hydrogen) atoms. The van der Waals surface area contributed by atoms with E-state index in [4.69, 9.17) is 11.6 Å². The summed E-state index contributed by atoms with van der Waals surface area (Å²) >= 11 is 9.47. The second kappa shape index (κ2) is 5.52. The van der Waals surface area contributed by atoms with Crippen molar-refractivity contribution in [2.24, 2.45) is 5.41 Å². The Balaban J connectivity index is 2.66. The number of rotatable bonds is 3. The lowest BCUT2D eigenvalue weighted by Crippen LogP contribution is -2.19. The van der Waals surface area contributed by atoms with Gasteiger partial charge in [-0.15, -0.1) is 0 Å². The highest BCUT2D eigenvalue weighted by Crippen LogP contribution is 2.26. The first kappa shape index (κ1) is 14.0. The highest BCUT2D eigenvalue weighted by molar-refractivity contribution is 9.10. The van der Waals surface area contributed by atoms with Gasteiger partial charge in [0, 0.05) is 9.50 Å². The smallest absolute Gasteiger partial charge is 0.0586 e. The van der Waals surface area contributed by atoms with E-state index in [0.717, 1.165) is 16.5 Å². The topological polar surface area (TPSA) is 20.2 Å². The van der Waals surface area contributed by atoms with Crippen LogP contribution in [0.1, 0.15) is 32.8 Å². The molecule has 1 unspecified atom stereocenters. The first-order chi connectivity index (χ1) is 7.28. The zero-order chi connectivity index (χ0) is 12.3. The summed E-state index contributed by atoms with van der Waals surface area (Å²) < 4.78 is 0.964. The molecule has 0 bridgehead atoms. The van der Waals surface area contributed by atoms with Crippen LogP contribution in [0.15, 0.2) is 22.7 Å². The van der Waals surface area contributed by atoms with Crippen LogP contribution in [0.2, 0.25) is 5.02 Å². The van der Waals surface area contributed by atoms with E-state index in [-0.39, 0.29) is 11.5 Å². The number of aliphatic hydroxyl groups is 1. The summed E-state index contributed by atoms with van der Waals surface area (Å²) in [5, 5.41) is 10.7. The molecular weight excluding hydrogens is 287 g/mol. The second-order valence-electron chi connectivity index (χ2n) is 5.36. The van der Waals surface area contributed by atoms with E-state index in [1.54, 1.807) is 0 Å². The Morgan fingerprint density at radius 3 is 2.50 bits per heavy atom. The molecule has 0 heterocycles. The fourth-order valence-electron chi connectivity index (χ4n) is 1.72. The average Bonchev–Trinajstić information content (AvgIpc) is 2.06. The lowest BCUT2D eigenvalue weighted by molar-refractivity contribution is 0.121. The van der Waals surface area contributed by atoms with Crippen LogP contribution in [-0.4, -0.2) is 11.2 Å². The van der Waals surface area contributed by atoms with Gasteiger partial charge in [0.2, 0.25) is 0 Å². The van der Waals surface area contributed by atoms with Crippen molar-refractivity contribution in [3.8, 4) is 0 Å². The van der Waals surface area contributed by atoms with Gasteiger partial charge in [-0.2, -0.15) is 0 Å². The number of hydrogen-bond donors (Lipinski definition) is 1. The Bertz CT molecular complexity index is 357. The Morgan fingerprint density at radius 1 is 1.38 bits per heavy atom. The van der Waals surface area contributed by atoms with Crippen LogP contribution >= 0.6 is 27.5 Å². The van der Waals surface area contributed by atoms with E-state index in [2.05, 4.69) is 36.7 Å². The fraction of sp³-hybridized carbons (Fsp3) is 0.538. The van der Waals surface area contributed by atoms with E-state index in [1.807, 2.05) is 18.2 Å². The van der Waals surface area contributed by atoms with Crippen molar-refractivity contribution >= 4 is 27.5 Å². The third kappa shape index (κ3) is 4.86. The molecule has 0 aliphatic rings. The van der Waals surface area contributed by atoms with Gasteiger partial charge >= 0.3 is 0 Å². The van der Waals surface area contributed by atoms with Gasteiger partial charge in [0.25, 0.3) is 0 Å². The van der Waals surface area contributed by atoms with Crippen LogP contribution < -0.4 is 0 Å². The summed E-state index contributed by atoms with van der Waals surface area (Å²) in [4.78, 5) is 0. The molecule has 90 valence electrons. The monoisotopic (exact) mass is 304 g/mol. The summed E-state index contributed by atoms with van der Waals surface area (Å²) in [6.45, 7) is 6.37. The van der Waals surface area contributed by atoms with Crippen molar-refractivity contribution < 1.29 is 5.11 Å². The maximum atomic E-state index is 9.96. The van der Waals surface area contributed by atoms with Crippen LogP contribution in [-0.2, 0) is 6.42 Å². The third-order valence-corrected chi connectivity index (χ3v) is 3.16. The molecule has 1 rings (SSSR count). The standard InChI is InChI=1S/C13H18BrClO/c1-13(2,3)8-11(16)6-9-4-5-10(14)7-12(9)15/h4-5,7,11,16H,6,8H2,1-3H3. The molecule has 1 aromatic rings. The van der Waals surface area contributed by atoms with Gasteiger partial charge in [-0.3, -0.25) is 0 Å². The average molecular weight is 306 g/mol. The highest BCUT2D eigenvalue weighted by Gasteiger charge is 2.17. The van der Waals surface area contributed by atoms with E-state index in [0.29, 0.717) is 11.4 Å². The van der Waals surface area contributed by atoms with Gasteiger partial charge in [-0.1, -0.05) is 54.4 Å². The predicted octanol–water partition coefficient (Wildman–Crippen LogP) is 4.44. The van der Waals surface area contributed by atoms with Crippen molar-refractivity contribution in [1.82, 2.24) is 0 Å². The van der Waals surface area contributed by atoms with E-state index < -0.39 is 0 Å². The fourth-order valence-corrected chi connectivity index (χ4v) is 2.47. The zero-order valence-electron chi connectivity index (χ0n) is 9.93. The lowest BCUT2D eigenvalue weighted by Gasteiger charge is -2.22. The van der Waals surface area contributed by atoms with Crippen LogP contribution in [0.25, 0.3) is 0 Å². The largest absolute Gasteiger partial charge is 0.393 e. The number of halogens is 2. The molecule has 0 aliphatic heterocycles. The molecule has 1 nitrogen and oxygen atoms in total. The van der Waals surface area contributed by atoms with E-state index in [1.165, 1.54) is 0 Å². The maximum absolute atomic E-state index is 9.96. The SMILES string of the molecule is CC(C)(C)CC(O)Cc1ccc(Br)cc1Cl. The molecule has 0 saturated carbocycles. The van der Waals surface area contributed by atoms with Gasteiger partial charge in [0.1, 0.15) is 0 Å². The minimum Gasteiger partial charge on any atom is -0.393 e. The highest BCUT2D eigenvalue weighted by atomic mass is 79.9. The summed E-state index contributed by atoms with van der Waals surface area (Å²) in [5.41, 5.74) is 1.14. The molecule has 1 N–H and O–H groups in total. The van der Waals surface area contributed by atoms with Crippen LogP contribution in [0.4, 0.5) is 0 Å². The van der Waals surface area contributed by atoms with E-state index in [9.17, 15) is 5.11 Å². The van der Waals surface area contributed by atoms with Crippen molar-refractivity contribution in [2.75, 3.05) is 0 Å². The van der Waals surface area contributed by atoms with Gasteiger partial charge in [0.15, 0.2) is 0 Å². The van der Waals surface area contributed by atoms with Crippen molar-refractivity contribution in [2.45, 2.75) is 39.7 Å². The Hall–Kier alpha value is -0.0500. The summed E-state index contributed by atoms with van der Waals surface area (Å²) in [6, 6.07) is 5.77. The molecule has 0 radical (unpaired) electrons. The van der Waals surface area contributed by atoms with E-state index >= 15 is 0 Å². The van der Waals surface area contributed by atoms with Gasteiger partial charge < -0.3 is 5.11 Å². The predicted molar refractivity (Wildman–Crippen MR) is 72.9 cm³/mol. The molecule has 1 aromatic carbocycles. The molecule has 0 saturated heterocycles. The second-order valence-corrected chi connectivity index (χ2v) is 6.68. The van der Waals surface area contributed by atoms with Crippen molar-refractivity contribution in [1.29, 1.82) is 0 Å².